The highest BCUT2D eigenvalue weighted by Gasteiger charge is 1.92. The number of ether oxygens (including phenoxy) is 1. The second-order valence-corrected chi connectivity index (χ2v) is 2.74. The maximum Gasteiger partial charge on any atom is 0.423 e. The van der Waals surface area contributed by atoms with Gasteiger partial charge >= 0.3 is 6.47 Å². The molecule has 0 heterocycles. The number of hydrogen-bond acceptors (Lipinski definition) is 3. The van der Waals surface area contributed by atoms with Crippen molar-refractivity contribution in [1.82, 2.24) is 0 Å². The second-order valence-electron chi connectivity index (χ2n) is 1.86. The smallest absolute Gasteiger partial charge is 0.418 e. The van der Waals surface area contributed by atoms with Crippen molar-refractivity contribution in [3.8, 4) is 5.75 Å². The molecule has 0 aliphatic heterocycles. The first-order valence-electron chi connectivity index (χ1n) is 3.05. The number of thioether (sulfide) groups is 1. The van der Waals surface area contributed by atoms with Crippen LogP contribution in [0.4, 0.5) is 0 Å². The minimum absolute atomic E-state index is 0.526. The molecule has 0 saturated carbocycles. The van der Waals surface area contributed by atoms with Gasteiger partial charge in [-0.05, 0) is 30.5 Å². The van der Waals surface area contributed by atoms with Gasteiger partial charge in [-0.15, -0.1) is 11.8 Å². The first-order valence-corrected chi connectivity index (χ1v) is 4.27. The molecule has 2 nitrogen and oxygen atoms in total. The summed E-state index contributed by atoms with van der Waals surface area (Å²) in [6, 6.07) is 7.24. The van der Waals surface area contributed by atoms with Crippen LogP contribution in [0.25, 0.3) is 0 Å². The lowest BCUT2D eigenvalue weighted by Gasteiger charge is -1.97. The normalized spacial score (nSPS) is 9.18. The van der Waals surface area contributed by atoms with E-state index in [9.17, 15) is 4.79 Å². The molecule has 1 aromatic rings. The zero-order valence-electron chi connectivity index (χ0n) is 6.03. The van der Waals surface area contributed by atoms with E-state index in [1.54, 1.807) is 23.9 Å². The van der Waals surface area contributed by atoms with Crippen LogP contribution >= 0.6 is 11.8 Å². The van der Waals surface area contributed by atoms with Crippen LogP contribution in [0.3, 0.4) is 0 Å². The Morgan fingerprint density at radius 1 is 1.36 bits per heavy atom. The molecule has 0 N–H and O–H groups in total. The van der Waals surface area contributed by atoms with E-state index >= 15 is 0 Å². The monoisotopic (exact) mass is 167 g/mol. The van der Waals surface area contributed by atoms with Crippen molar-refractivity contribution in [2.75, 3.05) is 6.26 Å². The zero-order chi connectivity index (χ0) is 8.10. The van der Waals surface area contributed by atoms with Gasteiger partial charge < -0.3 is 4.74 Å². The Morgan fingerprint density at radius 2 is 2.00 bits per heavy atom. The summed E-state index contributed by atoms with van der Waals surface area (Å²) in [6.07, 6.45) is 1.99. The van der Waals surface area contributed by atoms with Gasteiger partial charge in [0.2, 0.25) is 0 Å². The lowest BCUT2D eigenvalue weighted by atomic mass is 10.3. The summed E-state index contributed by atoms with van der Waals surface area (Å²) in [5.41, 5.74) is 0. The fraction of sp³-hybridized carbons (Fsp3) is 0.125. The molecule has 0 amide bonds. The molecule has 0 aliphatic rings. The van der Waals surface area contributed by atoms with Crippen molar-refractivity contribution in [2.24, 2.45) is 0 Å². The van der Waals surface area contributed by atoms with Crippen molar-refractivity contribution in [1.29, 1.82) is 0 Å². The molecular weight excluding hydrogens is 160 g/mol. The van der Waals surface area contributed by atoms with Crippen molar-refractivity contribution >= 4 is 18.2 Å². The van der Waals surface area contributed by atoms with Crippen LogP contribution in [-0.2, 0) is 4.79 Å². The molecule has 0 unspecified atom stereocenters. The van der Waals surface area contributed by atoms with Crippen LogP contribution in [-0.4, -0.2) is 12.7 Å². The molecule has 11 heavy (non-hydrogen) atoms. The molecule has 1 rings (SSSR count). The predicted octanol–water partition coefficient (Wildman–Crippen LogP) is 1.85. The molecule has 0 fully saturated rings. The van der Waals surface area contributed by atoms with E-state index in [4.69, 9.17) is 0 Å². The molecule has 0 aliphatic carbocycles. The average molecular weight is 167 g/mol. The molecule has 1 aromatic carbocycles. The highest BCUT2D eigenvalue weighted by molar-refractivity contribution is 7.98. The summed E-state index contributed by atoms with van der Waals surface area (Å²) >= 11 is 1.64. The van der Waals surface area contributed by atoms with E-state index in [2.05, 4.69) is 4.74 Å². The minimum Gasteiger partial charge on any atom is -0.418 e. The topological polar surface area (TPSA) is 26.3 Å². The fourth-order valence-electron chi connectivity index (χ4n) is 0.692. The minimum atomic E-state index is 0.526. The second kappa shape index (κ2) is 4.03. The zero-order valence-corrected chi connectivity index (χ0v) is 6.85. The molecule has 0 saturated heterocycles. The van der Waals surface area contributed by atoms with Gasteiger partial charge in [0, 0.05) is 4.90 Å². The number of carbonyl (C=O) groups excluding carboxylic acids is 1. The third-order valence-electron chi connectivity index (χ3n) is 1.22. The van der Waals surface area contributed by atoms with E-state index in [0.717, 1.165) is 4.90 Å². The van der Waals surface area contributed by atoms with Crippen LogP contribution in [0.1, 0.15) is 0 Å². The third-order valence-corrected chi connectivity index (χ3v) is 1.96. The number of rotatable bonds is 3. The molecule has 0 aromatic heterocycles. The highest BCUT2D eigenvalue weighted by Crippen LogP contribution is 2.18. The maximum absolute atomic E-state index is 9.78. The Morgan fingerprint density at radius 3 is 2.45 bits per heavy atom. The van der Waals surface area contributed by atoms with Gasteiger partial charge in [-0.2, -0.15) is 0 Å². The van der Waals surface area contributed by atoms with Gasteiger partial charge in [0.25, 0.3) is 0 Å². The van der Waals surface area contributed by atoms with Crippen molar-refractivity contribution in [3.05, 3.63) is 24.3 Å². The Balaban J connectivity index is 2.74. The van der Waals surface area contributed by atoms with E-state index in [0.29, 0.717) is 5.75 Å². The van der Waals surface area contributed by atoms with Crippen LogP contribution in [0, 0.1) is 0 Å². The first kappa shape index (κ1) is 8.14. The van der Waals surface area contributed by atoms with E-state index in [-0.39, 0.29) is 0 Å². The molecule has 57 valence electrons. The van der Waals surface area contributed by atoms with E-state index in [1.807, 2.05) is 18.4 Å². The van der Waals surface area contributed by atoms with Gasteiger partial charge in [-0.1, -0.05) is 0 Å². The van der Waals surface area contributed by atoms with E-state index < -0.39 is 0 Å². The quantitative estimate of drug-likeness (QED) is 0.643. The SMILES string of the molecule is CSc1ccc(O[C]=O)cc1. The predicted molar refractivity (Wildman–Crippen MR) is 44.5 cm³/mol. The summed E-state index contributed by atoms with van der Waals surface area (Å²) in [7, 11) is 0. The van der Waals surface area contributed by atoms with Crippen molar-refractivity contribution in [3.63, 3.8) is 0 Å². The number of benzene rings is 1. The Kier molecular flexibility index (Phi) is 2.98. The summed E-state index contributed by atoms with van der Waals surface area (Å²) in [5.74, 6) is 0.526. The van der Waals surface area contributed by atoms with Gasteiger partial charge in [0.05, 0.1) is 0 Å². The molecule has 0 atom stereocenters. The van der Waals surface area contributed by atoms with E-state index in [1.165, 1.54) is 6.47 Å². The molecule has 0 spiro atoms. The van der Waals surface area contributed by atoms with Gasteiger partial charge in [0.15, 0.2) is 0 Å². The summed E-state index contributed by atoms with van der Waals surface area (Å²) in [4.78, 5) is 10.9. The van der Waals surface area contributed by atoms with Gasteiger partial charge in [-0.25, -0.2) is 4.79 Å². The van der Waals surface area contributed by atoms with Gasteiger partial charge in [-0.3, -0.25) is 0 Å². The van der Waals surface area contributed by atoms with Crippen molar-refractivity contribution < 1.29 is 9.53 Å². The maximum atomic E-state index is 9.78. The molecule has 1 radical (unpaired) electrons. The Bertz CT molecular complexity index is 230. The van der Waals surface area contributed by atoms with Crippen molar-refractivity contribution in [2.45, 2.75) is 4.90 Å². The summed E-state index contributed by atoms with van der Waals surface area (Å²) < 4.78 is 4.49. The lowest BCUT2D eigenvalue weighted by Crippen LogP contribution is -1.86. The van der Waals surface area contributed by atoms with Crippen LogP contribution < -0.4 is 4.74 Å². The van der Waals surface area contributed by atoms with Gasteiger partial charge in [0.1, 0.15) is 5.75 Å². The van der Waals surface area contributed by atoms with Crippen LogP contribution in [0.5, 0.6) is 5.75 Å². The van der Waals surface area contributed by atoms with Crippen LogP contribution in [0.15, 0.2) is 29.2 Å². The molecular formula is C8H7O2S. The average Bonchev–Trinajstić information content (AvgIpc) is 2.07. The highest BCUT2D eigenvalue weighted by atomic mass is 32.2. The fourth-order valence-corrected chi connectivity index (χ4v) is 1.10. The largest absolute Gasteiger partial charge is 0.423 e. The van der Waals surface area contributed by atoms with Crippen LogP contribution in [0.2, 0.25) is 0 Å². The first-order chi connectivity index (χ1) is 5.36. The third kappa shape index (κ3) is 2.27. The standard InChI is InChI=1S/C8H7O2S/c1-11-8-4-2-7(3-5-8)10-6-9/h2-5H,1H3. The Hall–Kier alpha value is -0.960. The summed E-state index contributed by atoms with van der Waals surface area (Å²) in [6.45, 7) is 1.36. The number of hydrogen-bond donors (Lipinski definition) is 0. The molecule has 3 heteroatoms. The molecule has 0 bridgehead atoms. The lowest BCUT2D eigenvalue weighted by molar-refractivity contribution is 0.442. The summed E-state index contributed by atoms with van der Waals surface area (Å²) in [5, 5.41) is 0. The Labute approximate surface area is 69.6 Å².